The van der Waals surface area contributed by atoms with Crippen molar-refractivity contribution < 1.29 is 26.7 Å². The molecule has 0 atom stereocenters. The predicted octanol–water partition coefficient (Wildman–Crippen LogP) is 4.23. The van der Waals surface area contributed by atoms with Gasteiger partial charge in [0.05, 0.1) is 11.6 Å². The van der Waals surface area contributed by atoms with Gasteiger partial charge in [0.2, 0.25) is 0 Å². The zero-order valence-electron chi connectivity index (χ0n) is 15.4. The van der Waals surface area contributed by atoms with Crippen molar-refractivity contribution in [2.75, 3.05) is 26.2 Å². The Morgan fingerprint density at radius 3 is 2.62 bits per heavy atom. The highest BCUT2D eigenvalue weighted by Crippen LogP contribution is 2.30. The van der Waals surface area contributed by atoms with E-state index in [4.69, 9.17) is 4.74 Å². The van der Waals surface area contributed by atoms with Crippen LogP contribution in [0.5, 0.6) is 5.75 Å². The van der Waals surface area contributed by atoms with Gasteiger partial charge in [-0.25, -0.2) is 13.8 Å². The van der Waals surface area contributed by atoms with Crippen LogP contribution >= 0.6 is 35.3 Å². The number of halogens is 6. The van der Waals surface area contributed by atoms with Gasteiger partial charge in [-0.05, 0) is 19.1 Å². The van der Waals surface area contributed by atoms with Crippen LogP contribution < -0.4 is 15.4 Å². The first-order chi connectivity index (χ1) is 13.3. The van der Waals surface area contributed by atoms with Gasteiger partial charge in [-0.2, -0.15) is 13.2 Å². The minimum absolute atomic E-state index is 0. The van der Waals surface area contributed by atoms with Gasteiger partial charge in [-0.3, -0.25) is 4.99 Å². The van der Waals surface area contributed by atoms with E-state index in [1.165, 1.54) is 6.07 Å². The first kappa shape index (κ1) is 25.3. The molecule has 5 nitrogen and oxygen atoms in total. The topological polar surface area (TPSA) is 58.5 Å². The molecule has 0 amide bonds. The highest BCUT2D eigenvalue weighted by Gasteiger charge is 2.33. The average molecular weight is 550 g/mol. The standard InChI is InChI=1S/C17H19F5N4OS.HI/c1-2-23-16(24-6-5-15-26-14(10-28-15)17(20,21)22)25-7-8-27-13-4-3-11(18)9-12(13)19;/h3-4,9-10H,2,5-8H2,1H3,(H2,23,24,25);1H. The van der Waals surface area contributed by atoms with Crippen molar-refractivity contribution in [2.45, 2.75) is 19.5 Å². The van der Waals surface area contributed by atoms with Crippen LogP contribution in [-0.2, 0) is 12.6 Å². The summed E-state index contributed by atoms with van der Waals surface area (Å²) in [7, 11) is 0. The van der Waals surface area contributed by atoms with Gasteiger partial charge in [-0.1, -0.05) is 0 Å². The molecule has 2 aromatic rings. The predicted molar refractivity (Wildman–Crippen MR) is 112 cm³/mol. The molecule has 0 bridgehead atoms. The molecule has 0 saturated carbocycles. The van der Waals surface area contributed by atoms with E-state index in [0.29, 0.717) is 17.5 Å². The van der Waals surface area contributed by atoms with Crippen molar-refractivity contribution in [3.63, 3.8) is 0 Å². The van der Waals surface area contributed by atoms with Crippen molar-refractivity contribution in [3.8, 4) is 5.75 Å². The average Bonchev–Trinajstić information content (AvgIpc) is 3.09. The Morgan fingerprint density at radius 2 is 2.00 bits per heavy atom. The van der Waals surface area contributed by atoms with Crippen LogP contribution in [0, 0.1) is 11.6 Å². The fourth-order valence-corrected chi connectivity index (χ4v) is 2.88. The lowest BCUT2D eigenvalue weighted by molar-refractivity contribution is -0.140. The smallest absolute Gasteiger partial charge is 0.434 e. The Labute approximate surface area is 185 Å². The van der Waals surface area contributed by atoms with Gasteiger partial charge >= 0.3 is 6.18 Å². The van der Waals surface area contributed by atoms with Gasteiger partial charge in [0.1, 0.15) is 12.4 Å². The van der Waals surface area contributed by atoms with Crippen LogP contribution in [0.3, 0.4) is 0 Å². The minimum Gasteiger partial charge on any atom is -0.489 e. The number of rotatable bonds is 8. The highest BCUT2D eigenvalue weighted by molar-refractivity contribution is 14.0. The highest BCUT2D eigenvalue weighted by atomic mass is 127. The third-order valence-electron chi connectivity index (χ3n) is 3.33. The number of thiazole rings is 1. The summed E-state index contributed by atoms with van der Waals surface area (Å²) in [5, 5.41) is 7.27. The summed E-state index contributed by atoms with van der Waals surface area (Å²) < 4.78 is 69.1. The molecule has 162 valence electrons. The third kappa shape index (κ3) is 8.68. The normalized spacial score (nSPS) is 11.7. The third-order valence-corrected chi connectivity index (χ3v) is 4.24. The molecular formula is C17H20F5IN4OS. The van der Waals surface area contributed by atoms with Gasteiger partial charge in [0.25, 0.3) is 0 Å². The maximum Gasteiger partial charge on any atom is 0.434 e. The number of ether oxygens (including phenoxy) is 1. The summed E-state index contributed by atoms with van der Waals surface area (Å²) in [6, 6.07) is 3.03. The summed E-state index contributed by atoms with van der Waals surface area (Å²) in [4.78, 5) is 7.80. The number of guanidine groups is 1. The second kappa shape index (κ2) is 12.1. The molecular weight excluding hydrogens is 530 g/mol. The van der Waals surface area contributed by atoms with Gasteiger partial charge < -0.3 is 15.4 Å². The summed E-state index contributed by atoms with van der Waals surface area (Å²) >= 11 is 0.939. The van der Waals surface area contributed by atoms with Gasteiger partial charge in [0.15, 0.2) is 23.2 Å². The molecule has 0 unspecified atom stereocenters. The van der Waals surface area contributed by atoms with E-state index in [0.717, 1.165) is 28.8 Å². The molecule has 0 spiro atoms. The van der Waals surface area contributed by atoms with E-state index in [2.05, 4.69) is 20.6 Å². The molecule has 1 aromatic carbocycles. The number of alkyl halides is 3. The number of aliphatic imine (C=N–C) groups is 1. The lowest BCUT2D eigenvalue weighted by Crippen LogP contribution is -2.39. The molecule has 0 radical (unpaired) electrons. The summed E-state index contributed by atoms with van der Waals surface area (Å²) in [5.74, 6) is -1.10. The molecule has 0 aliphatic carbocycles. The van der Waals surface area contributed by atoms with E-state index in [-0.39, 0.29) is 55.8 Å². The molecule has 2 N–H and O–H groups in total. The Kier molecular flexibility index (Phi) is 10.6. The monoisotopic (exact) mass is 550 g/mol. The van der Waals surface area contributed by atoms with Crippen LogP contribution in [0.2, 0.25) is 0 Å². The molecule has 0 saturated heterocycles. The van der Waals surface area contributed by atoms with Crippen molar-refractivity contribution >= 4 is 41.3 Å². The lowest BCUT2D eigenvalue weighted by Gasteiger charge is -2.12. The lowest BCUT2D eigenvalue weighted by atomic mass is 10.3. The Hall–Kier alpha value is -1.70. The van der Waals surface area contributed by atoms with Gasteiger partial charge in [-0.15, -0.1) is 35.3 Å². The Morgan fingerprint density at radius 1 is 1.24 bits per heavy atom. The zero-order chi connectivity index (χ0) is 20.6. The second-order valence-electron chi connectivity index (χ2n) is 5.48. The molecule has 0 fully saturated rings. The van der Waals surface area contributed by atoms with Crippen molar-refractivity contribution in [1.82, 2.24) is 15.6 Å². The Bertz CT molecular complexity index is 800. The first-order valence-electron chi connectivity index (χ1n) is 8.41. The molecule has 29 heavy (non-hydrogen) atoms. The summed E-state index contributed by atoms with van der Waals surface area (Å²) in [5.41, 5.74) is -0.897. The fraction of sp³-hybridized carbons (Fsp3) is 0.412. The van der Waals surface area contributed by atoms with Crippen molar-refractivity contribution in [2.24, 2.45) is 4.99 Å². The molecule has 12 heteroatoms. The molecule has 0 aliphatic heterocycles. The van der Waals surface area contributed by atoms with Crippen molar-refractivity contribution in [1.29, 1.82) is 0 Å². The number of nitrogens with one attached hydrogen (secondary N) is 2. The molecule has 0 aliphatic rings. The second-order valence-corrected chi connectivity index (χ2v) is 6.43. The maximum absolute atomic E-state index is 13.5. The number of nitrogens with zero attached hydrogens (tertiary/aromatic N) is 2. The maximum atomic E-state index is 13.5. The van der Waals surface area contributed by atoms with E-state index >= 15 is 0 Å². The molecule has 2 rings (SSSR count). The van der Waals surface area contributed by atoms with Gasteiger partial charge in [0, 0.05) is 31.0 Å². The van der Waals surface area contributed by atoms with Crippen molar-refractivity contribution in [3.05, 3.63) is 45.9 Å². The zero-order valence-corrected chi connectivity index (χ0v) is 18.5. The number of hydrogen-bond acceptors (Lipinski definition) is 4. The van der Waals surface area contributed by atoms with Crippen LogP contribution in [-0.4, -0.2) is 37.2 Å². The fourth-order valence-electron chi connectivity index (χ4n) is 2.08. The van der Waals surface area contributed by atoms with E-state index < -0.39 is 23.5 Å². The molecule has 1 aromatic heterocycles. The SMILES string of the molecule is CCNC(=NCCc1nc(C(F)(F)F)cs1)NCCOc1ccc(F)cc1F.I. The van der Waals surface area contributed by atoms with E-state index in [9.17, 15) is 22.0 Å². The van der Waals surface area contributed by atoms with Crippen LogP contribution in [0.25, 0.3) is 0 Å². The number of benzene rings is 1. The molecule has 1 heterocycles. The first-order valence-corrected chi connectivity index (χ1v) is 9.29. The number of hydrogen-bond donors (Lipinski definition) is 2. The number of aromatic nitrogens is 1. The quantitative estimate of drug-likeness (QED) is 0.170. The van der Waals surface area contributed by atoms with Crippen LogP contribution in [0.15, 0.2) is 28.6 Å². The van der Waals surface area contributed by atoms with E-state index in [1.807, 2.05) is 6.92 Å². The largest absolute Gasteiger partial charge is 0.489 e. The van der Waals surface area contributed by atoms with E-state index in [1.54, 1.807) is 0 Å². The minimum atomic E-state index is -4.45. The van der Waals surface area contributed by atoms with Crippen LogP contribution in [0.1, 0.15) is 17.6 Å². The van der Waals surface area contributed by atoms with Crippen LogP contribution in [0.4, 0.5) is 22.0 Å². The summed E-state index contributed by atoms with van der Waals surface area (Å²) in [6.45, 7) is 3.08. The summed E-state index contributed by atoms with van der Waals surface area (Å²) in [6.07, 6.45) is -4.17. The Balaban J connectivity index is 0.00000420.